The van der Waals surface area contributed by atoms with Crippen LogP contribution in [0.5, 0.6) is 0 Å². The minimum absolute atomic E-state index is 0.0379. The first-order chi connectivity index (χ1) is 11.2. The molecule has 1 aliphatic heterocycles. The van der Waals surface area contributed by atoms with E-state index in [4.69, 9.17) is 9.26 Å². The van der Waals surface area contributed by atoms with Gasteiger partial charge < -0.3 is 14.4 Å². The van der Waals surface area contributed by atoms with E-state index in [2.05, 4.69) is 10.5 Å². The molecule has 1 saturated heterocycles. The van der Waals surface area contributed by atoms with E-state index in [1.54, 1.807) is 17.8 Å². The average Bonchev–Trinajstić information content (AvgIpc) is 2.97. The fourth-order valence-electron chi connectivity index (χ4n) is 2.53. The average molecular weight is 356 g/mol. The summed E-state index contributed by atoms with van der Waals surface area (Å²) in [5, 5.41) is 16.6. The lowest BCUT2D eigenvalue weighted by atomic mass is 9.92. The number of thioether (sulfide) groups is 1. The molecule has 1 aromatic rings. The number of amides is 1. The number of nitrogens with one attached hydrogen (secondary N) is 1. The van der Waals surface area contributed by atoms with Crippen LogP contribution in [-0.4, -0.2) is 46.0 Å². The second kappa shape index (κ2) is 7.89. The zero-order valence-electron chi connectivity index (χ0n) is 14.9. The number of carbonyl (C=O) groups excluding carboxylic acids is 1. The van der Waals surface area contributed by atoms with Crippen molar-refractivity contribution in [3.63, 3.8) is 0 Å². The largest absolute Gasteiger partial charge is 0.396 e. The van der Waals surface area contributed by atoms with Crippen LogP contribution in [0.3, 0.4) is 0 Å². The van der Waals surface area contributed by atoms with Gasteiger partial charge in [0.05, 0.1) is 10.4 Å². The van der Waals surface area contributed by atoms with Crippen LogP contribution in [-0.2, 0) is 14.9 Å². The molecule has 1 atom stereocenters. The first-order valence-electron chi connectivity index (χ1n) is 8.40. The number of ether oxygens (including phenoxy) is 1. The number of aromatic nitrogens is 1. The number of carbonyl (C=O) groups is 1. The molecule has 1 aromatic heterocycles. The van der Waals surface area contributed by atoms with Gasteiger partial charge in [0.15, 0.2) is 0 Å². The smallest absolute Gasteiger partial charge is 0.242 e. The lowest BCUT2D eigenvalue weighted by Crippen LogP contribution is -2.40. The van der Waals surface area contributed by atoms with E-state index in [0.717, 1.165) is 31.7 Å². The third-order valence-electron chi connectivity index (χ3n) is 4.18. The van der Waals surface area contributed by atoms with Crippen molar-refractivity contribution in [2.45, 2.75) is 62.4 Å². The summed E-state index contributed by atoms with van der Waals surface area (Å²) in [4.78, 5) is 12.8. The Morgan fingerprint density at radius 2 is 2.04 bits per heavy atom. The number of hydrogen-bond acceptors (Lipinski definition) is 6. The normalized spacial score (nSPS) is 19.0. The fraction of sp³-hybridized carbons (Fsp3) is 0.765. The molecule has 1 fully saturated rings. The first kappa shape index (κ1) is 19.3. The number of nitrogens with zero attached hydrogens (tertiary/aromatic N) is 1. The van der Waals surface area contributed by atoms with Crippen LogP contribution in [0, 0.1) is 0 Å². The Balaban J connectivity index is 2.05. The van der Waals surface area contributed by atoms with Gasteiger partial charge in [-0.15, -0.1) is 11.8 Å². The van der Waals surface area contributed by atoms with E-state index in [-0.39, 0.29) is 17.9 Å². The minimum Gasteiger partial charge on any atom is -0.396 e. The summed E-state index contributed by atoms with van der Waals surface area (Å²) in [6, 6.07) is 1.76. The molecule has 0 bridgehead atoms. The van der Waals surface area contributed by atoms with Crippen molar-refractivity contribution in [1.29, 1.82) is 0 Å². The molecule has 2 heterocycles. The van der Waals surface area contributed by atoms with Crippen molar-refractivity contribution in [2.75, 3.05) is 25.1 Å². The Hall–Kier alpha value is -1.05. The van der Waals surface area contributed by atoms with Gasteiger partial charge in [0, 0.05) is 36.6 Å². The van der Waals surface area contributed by atoms with Crippen molar-refractivity contribution in [1.82, 2.24) is 5.16 Å². The van der Waals surface area contributed by atoms with Crippen LogP contribution in [0.4, 0.5) is 5.88 Å². The van der Waals surface area contributed by atoms with Crippen molar-refractivity contribution < 1.29 is 19.2 Å². The summed E-state index contributed by atoms with van der Waals surface area (Å²) in [6.07, 6.45) is 2.24. The standard InChI is InChI=1S/C17H28N2O4S/c1-16(2,3)13-11-14(23-19-13)18-15(21)17(4,7-8-20)24-12-5-9-22-10-6-12/h11-12,20H,5-10H2,1-4H3,(H,18,21). The predicted molar refractivity (Wildman–Crippen MR) is 95.4 cm³/mol. The third-order valence-corrected chi connectivity index (χ3v) is 5.89. The topological polar surface area (TPSA) is 84.6 Å². The quantitative estimate of drug-likeness (QED) is 0.815. The predicted octanol–water partition coefficient (Wildman–Crippen LogP) is 2.96. The van der Waals surface area contributed by atoms with Gasteiger partial charge in [-0.2, -0.15) is 0 Å². The van der Waals surface area contributed by atoms with Gasteiger partial charge in [0.1, 0.15) is 0 Å². The van der Waals surface area contributed by atoms with Gasteiger partial charge in [-0.05, 0) is 26.2 Å². The molecule has 0 spiro atoms. The lowest BCUT2D eigenvalue weighted by molar-refractivity contribution is -0.118. The van der Waals surface area contributed by atoms with Crippen molar-refractivity contribution in [3.05, 3.63) is 11.8 Å². The fourth-order valence-corrected chi connectivity index (χ4v) is 4.06. The van der Waals surface area contributed by atoms with Crippen molar-refractivity contribution in [2.24, 2.45) is 0 Å². The lowest BCUT2D eigenvalue weighted by Gasteiger charge is -2.32. The monoisotopic (exact) mass is 356 g/mol. The molecule has 7 heteroatoms. The van der Waals surface area contributed by atoms with Gasteiger partial charge >= 0.3 is 0 Å². The first-order valence-corrected chi connectivity index (χ1v) is 9.27. The van der Waals surface area contributed by atoms with Crippen LogP contribution in [0.1, 0.15) is 52.7 Å². The molecular weight excluding hydrogens is 328 g/mol. The van der Waals surface area contributed by atoms with Gasteiger partial charge in [0.25, 0.3) is 0 Å². The van der Waals surface area contributed by atoms with E-state index in [1.165, 1.54) is 0 Å². The second-order valence-corrected chi connectivity index (χ2v) is 9.22. The molecule has 136 valence electrons. The van der Waals surface area contributed by atoms with Gasteiger partial charge in [0.2, 0.25) is 11.8 Å². The summed E-state index contributed by atoms with van der Waals surface area (Å²) in [5.41, 5.74) is 0.649. The maximum atomic E-state index is 12.8. The van der Waals surface area contributed by atoms with Crippen LogP contribution in [0.25, 0.3) is 0 Å². The third kappa shape index (κ3) is 4.97. The van der Waals surface area contributed by atoms with Crippen LogP contribution in [0.2, 0.25) is 0 Å². The summed E-state index contributed by atoms with van der Waals surface area (Å²) in [5.74, 6) is 0.186. The molecular formula is C17H28N2O4S. The highest BCUT2D eigenvalue weighted by molar-refractivity contribution is 8.02. The Labute approximate surface area is 147 Å². The zero-order valence-corrected chi connectivity index (χ0v) is 15.7. The van der Waals surface area contributed by atoms with Crippen LogP contribution in [0.15, 0.2) is 10.6 Å². The molecule has 2 rings (SSSR count). The number of rotatable bonds is 6. The van der Waals surface area contributed by atoms with Gasteiger partial charge in [-0.1, -0.05) is 25.9 Å². The molecule has 1 unspecified atom stereocenters. The number of aliphatic hydroxyl groups is 1. The van der Waals surface area contributed by atoms with Crippen molar-refractivity contribution in [3.8, 4) is 0 Å². The molecule has 0 aliphatic carbocycles. The van der Waals surface area contributed by atoms with Gasteiger partial charge in [-0.25, -0.2) is 0 Å². The maximum absolute atomic E-state index is 12.8. The summed E-state index contributed by atoms with van der Waals surface area (Å²) in [6.45, 7) is 9.40. The SMILES string of the molecule is CC(CCO)(SC1CCOCC1)C(=O)Nc1cc(C(C)(C)C)no1. The Bertz CT molecular complexity index is 549. The minimum atomic E-state index is -0.717. The molecule has 2 N–H and O–H groups in total. The Kier molecular flexibility index (Phi) is 6.33. The molecule has 1 aliphatic rings. The summed E-state index contributed by atoms with van der Waals surface area (Å²) < 4.78 is 9.91. The van der Waals surface area contributed by atoms with Crippen LogP contribution < -0.4 is 5.32 Å². The van der Waals surface area contributed by atoms with E-state index in [9.17, 15) is 9.90 Å². The Morgan fingerprint density at radius 3 is 2.58 bits per heavy atom. The summed E-state index contributed by atoms with van der Waals surface area (Å²) >= 11 is 1.62. The zero-order chi connectivity index (χ0) is 17.8. The second-order valence-electron chi connectivity index (χ2n) is 7.41. The van der Waals surface area contributed by atoms with Gasteiger partial charge in [-0.3, -0.25) is 10.1 Å². The maximum Gasteiger partial charge on any atom is 0.242 e. The molecule has 0 saturated carbocycles. The Morgan fingerprint density at radius 1 is 1.38 bits per heavy atom. The molecule has 6 nitrogen and oxygen atoms in total. The molecule has 1 amide bonds. The van der Waals surface area contributed by atoms with E-state index < -0.39 is 4.75 Å². The molecule has 0 radical (unpaired) electrons. The highest BCUT2D eigenvalue weighted by atomic mass is 32.2. The molecule has 24 heavy (non-hydrogen) atoms. The number of anilines is 1. The number of aliphatic hydroxyl groups excluding tert-OH is 1. The van der Waals surface area contributed by atoms with E-state index in [1.807, 2.05) is 27.7 Å². The highest BCUT2D eigenvalue weighted by Gasteiger charge is 2.37. The van der Waals surface area contributed by atoms with Crippen molar-refractivity contribution >= 4 is 23.6 Å². The number of hydrogen-bond donors (Lipinski definition) is 2. The van der Waals surface area contributed by atoms with Crippen LogP contribution >= 0.6 is 11.8 Å². The highest BCUT2D eigenvalue weighted by Crippen LogP contribution is 2.37. The molecule has 0 aromatic carbocycles. The summed E-state index contributed by atoms with van der Waals surface area (Å²) in [7, 11) is 0. The van der Waals surface area contributed by atoms with E-state index in [0.29, 0.717) is 17.6 Å². The van der Waals surface area contributed by atoms with E-state index >= 15 is 0 Å².